The lowest BCUT2D eigenvalue weighted by atomic mass is 10.1. The first-order chi connectivity index (χ1) is 13.0. The lowest BCUT2D eigenvalue weighted by Gasteiger charge is -2.07. The Balaban J connectivity index is 1.84. The number of anilines is 1. The van der Waals surface area contributed by atoms with Crippen LogP contribution in [0, 0.1) is 6.92 Å². The second kappa shape index (κ2) is 7.95. The molecule has 1 aromatic heterocycles. The van der Waals surface area contributed by atoms with Gasteiger partial charge in [-0.2, -0.15) is 0 Å². The zero-order chi connectivity index (χ0) is 19.4. The predicted molar refractivity (Wildman–Crippen MR) is 102 cm³/mol. The van der Waals surface area contributed by atoms with Crippen LogP contribution in [0.4, 0.5) is 5.69 Å². The molecule has 6 heteroatoms. The molecule has 0 aliphatic heterocycles. The maximum absolute atomic E-state index is 12.8. The quantitative estimate of drug-likeness (QED) is 0.646. The average Bonchev–Trinajstić information content (AvgIpc) is 2.98. The van der Waals surface area contributed by atoms with Crippen molar-refractivity contribution >= 4 is 28.5 Å². The van der Waals surface area contributed by atoms with Gasteiger partial charge in [0.2, 0.25) is 0 Å². The topological polar surface area (TPSA) is 77.8 Å². The molecule has 3 rings (SSSR count). The number of amides is 1. The molecule has 3 aromatic rings. The first-order valence-electron chi connectivity index (χ1n) is 8.78. The van der Waals surface area contributed by atoms with Gasteiger partial charge in [-0.3, -0.25) is 4.79 Å². The van der Waals surface area contributed by atoms with E-state index >= 15 is 0 Å². The third-order valence-electron chi connectivity index (χ3n) is 4.03. The number of aryl methyl sites for hydroxylation is 1. The molecular weight excluding hydrogens is 346 g/mol. The van der Waals surface area contributed by atoms with Gasteiger partial charge in [0.05, 0.1) is 24.3 Å². The van der Waals surface area contributed by atoms with E-state index in [1.54, 1.807) is 50.2 Å². The van der Waals surface area contributed by atoms with E-state index in [-0.39, 0.29) is 5.91 Å². The van der Waals surface area contributed by atoms with E-state index in [2.05, 4.69) is 5.32 Å². The van der Waals surface area contributed by atoms with Gasteiger partial charge in [-0.15, -0.1) is 0 Å². The van der Waals surface area contributed by atoms with E-state index in [1.807, 2.05) is 13.0 Å². The van der Waals surface area contributed by atoms with Crippen molar-refractivity contribution in [2.75, 3.05) is 18.5 Å². The first-order valence-corrected chi connectivity index (χ1v) is 8.78. The molecule has 0 fully saturated rings. The summed E-state index contributed by atoms with van der Waals surface area (Å²) in [5.41, 5.74) is 2.09. The number of esters is 1. The predicted octanol–water partition coefficient (Wildman–Crippen LogP) is 4.57. The van der Waals surface area contributed by atoms with Crippen LogP contribution in [0.1, 0.15) is 40.3 Å². The number of hydrogen-bond acceptors (Lipinski definition) is 5. The number of ether oxygens (including phenoxy) is 2. The van der Waals surface area contributed by atoms with Crippen LogP contribution in [0.25, 0.3) is 11.0 Å². The molecule has 0 aliphatic rings. The number of carbonyl (C=O) groups excluding carboxylic acids is 2. The Labute approximate surface area is 157 Å². The van der Waals surface area contributed by atoms with Crippen LogP contribution in [0.5, 0.6) is 5.75 Å². The van der Waals surface area contributed by atoms with Gasteiger partial charge in [0.15, 0.2) is 0 Å². The summed E-state index contributed by atoms with van der Waals surface area (Å²) in [6.07, 6.45) is 0. The maximum atomic E-state index is 12.8. The highest BCUT2D eigenvalue weighted by Crippen LogP contribution is 2.29. The van der Waals surface area contributed by atoms with Crippen LogP contribution in [-0.2, 0) is 4.74 Å². The van der Waals surface area contributed by atoms with Crippen LogP contribution >= 0.6 is 0 Å². The van der Waals surface area contributed by atoms with Crippen molar-refractivity contribution < 1.29 is 23.5 Å². The molecule has 0 radical (unpaired) electrons. The Bertz CT molecular complexity index is 972. The van der Waals surface area contributed by atoms with Crippen molar-refractivity contribution in [1.29, 1.82) is 0 Å². The number of nitrogens with one attached hydrogen (secondary N) is 1. The highest BCUT2D eigenvalue weighted by molar-refractivity contribution is 6.13. The molecule has 0 saturated carbocycles. The van der Waals surface area contributed by atoms with E-state index in [4.69, 9.17) is 13.9 Å². The summed E-state index contributed by atoms with van der Waals surface area (Å²) in [6.45, 7) is 6.25. The van der Waals surface area contributed by atoms with E-state index in [1.165, 1.54) is 0 Å². The maximum Gasteiger partial charge on any atom is 0.338 e. The van der Waals surface area contributed by atoms with Crippen LogP contribution < -0.4 is 10.1 Å². The smallest absolute Gasteiger partial charge is 0.338 e. The summed E-state index contributed by atoms with van der Waals surface area (Å²) in [6, 6.07) is 11.9. The molecule has 6 nitrogen and oxygen atoms in total. The SMILES string of the molecule is CCOC(=O)c1ccc(NC(=O)c2c(C)oc3ccc(OCC)cc23)cc1. The third-order valence-corrected chi connectivity index (χ3v) is 4.03. The summed E-state index contributed by atoms with van der Waals surface area (Å²) in [5, 5.41) is 3.53. The Morgan fingerprint density at radius 3 is 2.44 bits per heavy atom. The molecule has 1 heterocycles. The van der Waals surface area contributed by atoms with Gasteiger partial charge in [0.1, 0.15) is 17.1 Å². The Kier molecular flexibility index (Phi) is 5.45. The highest BCUT2D eigenvalue weighted by Gasteiger charge is 2.19. The van der Waals surface area contributed by atoms with Gasteiger partial charge in [-0.05, 0) is 63.2 Å². The van der Waals surface area contributed by atoms with Crippen LogP contribution in [0.2, 0.25) is 0 Å². The number of furan rings is 1. The van der Waals surface area contributed by atoms with Crippen molar-refractivity contribution in [3.8, 4) is 5.75 Å². The molecule has 2 aromatic carbocycles. The zero-order valence-electron chi connectivity index (χ0n) is 15.5. The van der Waals surface area contributed by atoms with Gasteiger partial charge >= 0.3 is 5.97 Å². The zero-order valence-corrected chi connectivity index (χ0v) is 15.5. The minimum absolute atomic E-state index is 0.288. The number of fused-ring (bicyclic) bond motifs is 1. The lowest BCUT2D eigenvalue weighted by molar-refractivity contribution is 0.0526. The van der Waals surface area contributed by atoms with Gasteiger partial charge < -0.3 is 19.2 Å². The van der Waals surface area contributed by atoms with Crippen molar-refractivity contribution in [1.82, 2.24) is 0 Å². The molecular formula is C21H21NO5. The molecule has 1 N–H and O–H groups in total. The molecule has 1 amide bonds. The minimum atomic E-state index is -0.393. The highest BCUT2D eigenvalue weighted by atomic mass is 16.5. The Hall–Kier alpha value is -3.28. The molecule has 0 aliphatic carbocycles. The van der Waals surface area contributed by atoms with Crippen molar-refractivity contribution in [2.45, 2.75) is 20.8 Å². The minimum Gasteiger partial charge on any atom is -0.494 e. The molecule has 0 saturated heterocycles. The summed E-state index contributed by atoms with van der Waals surface area (Å²) in [7, 11) is 0. The lowest BCUT2D eigenvalue weighted by Crippen LogP contribution is -2.13. The molecule has 0 bridgehead atoms. The Morgan fingerprint density at radius 2 is 1.78 bits per heavy atom. The van der Waals surface area contributed by atoms with Crippen molar-refractivity contribution in [2.24, 2.45) is 0 Å². The summed E-state index contributed by atoms with van der Waals surface area (Å²) < 4.78 is 16.2. The van der Waals surface area contributed by atoms with Gasteiger partial charge in [-0.1, -0.05) is 0 Å². The first kappa shape index (κ1) is 18.5. The average molecular weight is 367 g/mol. The molecule has 0 spiro atoms. The van der Waals surface area contributed by atoms with E-state index in [0.29, 0.717) is 52.5 Å². The van der Waals surface area contributed by atoms with Crippen molar-refractivity contribution in [3.05, 3.63) is 59.4 Å². The molecule has 0 unspecified atom stereocenters. The van der Waals surface area contributed by atoms with Crippen LogP contribution in [0.15, 0.2) is 46.9 Å². The number of carbonyl (C=O) groups is 2. The molecule has 140 valence electrons. The van der Waals surface area contributed by atoms with Crippen molar-refractivity contribution in [3.63, 3.8) is 0 Å². The van der Waals surface area contributed by atoms with E-state index in [9.17, 15) is 9.59 Å². The summed E-state index contributed by atoms with van der Waals surface area (Å²) >= 11 is 0. The fraction of sp³-hybridized carbons (Fsp3) is 0.238. The fourth-order valence-electron chi connectivity index (χ4n) is 2.84. The largest absolute Gasteiger partial charge is 0.494 e. The monoisotopic (exact) mass is 367 g/mol. The molecule has 27 heavy (non-hydrogen) atoms. The van der Waals surface area contributed by atoms with Gasteiger partial charge in [0.25, 0.3) is 5.91 Å². The van der Waals surface area contributed by atoms with Gasteiger partial charge in [0, 0.05) is 11.1 Å². The summed E-state index contributed by atoms with van der Waals surface area (Å²) in [5.74, 6) is 0.525. The van der Waals surface area contributed by atoms with E-state index < -0.39 is 5.97 Å². The second-order valence-corrected chi connectivity index (χ2v) is 5.88. The summed E-state index contributed by atoms with van der Waals surface area (Å²) in [4.78, 5) is 24.5. The second-order valence-electron chi connectivity index (χ2n) is 5.88. The normalized spacial score (nSPS) is 10.6. The number of rotatable bonds is 6. The number of hydrogen-bond donors (Lipinski definition) is 1. The fourth-order valence-corrected chi connectivity index (χ4v) is 2.84. The standard InChI is InChI=1S/C21H21NO5/c1-4-25-16-10-11-18-17(12-16)19(13(3)27-18)20(23)22-15-8-6-14(7-9-15)21(24)26-5-2/h6-12H,4-5H2,1-3H3,(H,22,23). The van der Waals surface area contributed by atoms with E-state index in [0.717, 1.165) is 0 Å². The third kappa shape index (κ3) is 3.95. The van der Waals surface area contributed by atoms with Crippen LogP contribution in [-0.4, -0.2) is 25.1 Å². The Morgan fingerprint density at radius 1 is 1.04 bits per heavy atom. The van der Waals surface area contributed by atoms with Gasteiger partial charge in [-0.25, -0.2) is 4.79 Å². The van der Waals surface area contributed by atoms with Crippen LogP contribution in [0.3, 0.4) is 0 Å². The molecule has 0 atom stereocenters. The number of benzene rings is 2.